The monoisotopic (exact) mass is 728 g/mol. The summed E-state index contributed by atoms with van der Waals surface area (Å²) in [6.45, 7) is 10.4. The molecule has 2 amide bonds. The Balaban J connectivity index is 1.30. The summed E-state index contributed by atoms with van der Waals surface area (Å²) in [7, 11) is 0. The van der Waals surface area contributed by atoms with Crippen LogP contribution < -0.4 is 5.32 Å². The number of thioether (sulfide) groups is 1. The summed E-state index contributed by atoms with van der Waals surface area (Å²) < 4.78 is 5.30. The second kappa shape index (κ2) is 17.4. The number of pyridine rings is 1. The molecule has 0 radical (unpaired) electrons. The highest BCUT2D eigenvalue weighted by Gasteiger charge is 2.39. The van der Waals surface area contributed by atoms with Crippen LogP contribution in [0.2, 0.25) is 0 Å². The predicted octanol–water partition coefficient (Wildman–Crippen LogP) is 9.17. The molecule has 2 unspecified atom stereocenters. The molecule has 2 atom stereocenters. The first-order valence-corrected chi connectivity index (χ1v) is 19.8. The maximum absolute atomic E-state index is 14.0. The van der Waals surface area contributed by atoms with E-state index in [4.69, 9.17) is 4.74 Å². The number of para-hydroxylation sites is 1. The highest BCUT2D eigenvalue weighted by atomic mass is 32.2. The van der Waals surface area contributed by atoms with Gasteiger partial charge in [-0.2, -0.15) is 0 Å². The van der Waals surface area contributed by atoms with Crippen molar-refractivity contribution in [2.24, 2.45) is 0 Å². The molecule has 1 saturated heterocycles. The van der Waals surface area contributed by atoms with Gasteiger partial charge in [0.15, 0.2) is 0 Å². The van der Waals surface area contributed by atoms with Crippen molar-refractivity contribution in [3.63, 3.8) is 0 Å². The van der Waals surface area contributed by atoms with E-state index >= 15 is 0 Å². The number of benzene rings is 4. The van der Waals surface area contributed by atoms with Crippen LogP contribution in [0.1, 0.15) is 74.0 Å². The molecule has 0 bridgehead atoms. The number of carbonyl (C=O) groups excluding carboxylic acids is 2. The summed E-state index contributed by atoms with van der Waals surface area (Å²) in [5.41, 5.74) is 4.28. The summed E-state index contributed by atoms with van der Waals surface area (Å²) in [6, 6.07) is 41.6. The Labute approximate surface area is 319 Å². The van der Waals surface area contributed by atoms with Gasteiger partial charge >= 0.3 is 6.09 Å². The second-order valence-corrected chi connectivity index (χ2v) is 16.1. The molecule has 0 spiro atoms. The summed E-state index contributed by atoms with van der Waals surface area (Å²) in [4.78, 5) is 36.6. The van der Waals surface area contributed by atoms with Crippen LogP contribution in [-0.2, 0) is 9.48 Å². The number of hydrogen-bond donors (Lipinski definition) is 1. The first-order valence-electron chi connectivity index (χ1n) is 18.8. The number of aromatic nitrogens is 1. The van der Waals surface area contributed by atoms with Crippen molar-refractivity contribution in [2.45, 2.75) is 69.4 Å². The fourth-order valence-electron chi connectivity index (χ4n) is 7.37. The Morgan fingerprint density at radius 2 is 1.43 bits per heavy atom. The van der Waals surface area contributed by atoms with Gasteiger partial charge in [0.05, 0.1) is 21.9 Å². The molecular formula is C45H52N4O3S. The zero-order valence-corrected chi connectivity index (χ0v) is 32.2. The fraction of sp³-hybridized carbons (Fsp3) is 0.356. The van der Waals surface area contributed by atoms with Gasteiger partial charge in [-0.05, 0) is 56.0 Å². The van der Waals surface area contributed by atoms with Gasteiger partial charge in [0.2, 0.25) is 0 Å². The van der Waals surface area contributed by atoms with Crippen LogP contribution in [0.4, 0.5) is 4.79 Å². The Kier molecular flexibility index (Phi) is 12.5. The van der Waals surface area contributed by atoms with Crippen molar-refractivity contribution in [3.8, 4) is 0 Å². The highest BCUT2D eigenvalue weighted by molar-refractivity contribution is 8.00. The molecule has 276 valence electrons. The van der Waals surface area contributed by atoms with E-state index in [1.54, 1.807) is 6.20 Å². The Hall–Kier alpha value is -4.66. The number of rotatable bonds is 13. The summed E-state index contributed by atoms with van der Waals surface area (Å²) >= 11 is 1.84. The number of carbonyl (C=O) groups is 2. The van der Waals surface area contributed by atoms with Gasteiger partial charge in [-0.25, -0.2) is 4.79 Å². The number of ether oxygens (including phenoxy) is 1. The lowest BCUT2D eigenvalue weighted by Crippen LogP contribution is -2.58. The molecule has 7 nitrogen and oxygen atoms in total. The Morgan fingerprint density at radius 3 is 2.02 bits per heavy atom. The van der Waals surface area contributed by atoms with Crippen LogP contribution in [0.5, 0.6) is 0 Å². The van der Waals surface area contributed by atoms with E-state index in [2.05, 4.69) is 113 Å². The normalized spacial score (nSPS) is 15.9. The largest absolute Gasteiger partial charge is 0.444 e. The molecular weight excluding hydrogens is 677 g/mol. The number of nitrogens with zero attached hydrogens (tertiary/aromatic N) is 3. The third-order valence-corrected chi connectivity index (χ3v) is 11.6. The summed E-state index contributed by atoms with van der Waals surface area (Å²) in [5.74, 6) is 0.645. The molecule has 1 aliphatic rings. The van der Waals surface area contributed by atoms with Gasteiger partial charge in [-0.15, -0.1) is 11.8 Å². The molecule has 1 aromatic heterocycles. The molecule has 8 heteroatoms. The van der Waals surface area contributed by atoms with Crippen LogP contribution in [0.3, 0.4) is 0 Å². The van der Waals surface area contributed by atoms with E-state index in [1.165, 1.54) is 16.7 Å². The Bertz CT molecular complexity index is 1830. The number of unbranched alkanes of at least 4 members (excludes halogenated alkanes) is 1. The lowest BCUT2D eigenvalue weighted by molar-refractivity contribution is 0.0385. The zero-order valence-electron chi connectivity index (χ0n) is 31.4. The molecule has 1 N–H and O–H groups in total. The van der Waals surface area contributed by atoms with Gasteiger partial charge in [-0.3, -0.25) is 14.7 Å². The summed E-state index contributed by atoms with van der Waals surface area (Å²) in [6.07, 6.45) is 4.41. The molecule has 6 rings (SSSR count). The molecule has 5 aromatic rings. The molecule has 53 heavy (non-hydrogen) atoms. The average Bonchev–Trinajstić information content (AvgIpc) is 3.17. The van der Waals surface area contributed by atoms with Gasteiger partial charge in [0.25, 0.3) is 5.91 Å². The standard InChI is InChI=1S/C45H52N4O3S/c1-5-6-26-39-32-49(42(50)40-27-16-18-34-19-17-28-46-41(34)40)30-29-48(39)31-38(47-43(51)52-44(2,3)4)33-53-45(35-20-10-7-11-21-35,36-22-12-8-13-23-36)37-24-14-9-15-25-37/h7-25,27-28,38-39H,5-6,26,29-33H2,1-4H3,(H,47,51). The molecule has 1 fully saturated rings. The van der Waals surface area contributed by atoms with Crippen molar-refractivity contribution >= 4 is 34.7 Å². The first-order chi connectivity index (χ1) is 25.7. The maximum Gasteiger partial charge on any atom is 0.407 e. The zero-order chi connectivity index (χ0) is 37.3. The number of amides is 2. The Morgan fingerprint density at radius 1 is 0.830 bits per heavy atom. The van der Waals surface area contributed by atoms with Crippen LogP contribution in [0.25, 0.3) is 10.9 Å². The molecule has 0 saturated carbocycles. The number of alkyl carbamates (subject to hydrolysis) is 1. The smallest absolute Gasteiger partial charge is 0.407 e. The van der Waals surface area contributed by atoms with Crippen LogP contribution in [-0.4, -0.2) is 76.4 Å². The highest BCUT2D eigenvalue weighted by Crippen LogP contribution is 2.48. The lowest BCUT2D eigenvalue weighted by Gasteiger charge is -2.43. The number of piperazine rings is 1. The third-order valence-electron chi connectivity index (χ3n) is 9.86. The topological polar surface area (TPSA) is 74.8 Å². The number of hydrogen-bond acceptors (Lipinski definition) is 6. The predicted molar refractivity (Wildman–Crippen MR) is 217 cm³/mol. The van der Waals surface area contributed by atoms with Gasteiger partial charge < -0.3 is 15.0 Å². The first kappa shape index (κ1) is 38.1. The summed E-state index contributed by atoms with van der Waals surface area (Å²) in [5, 5.41) is 4.26. The number of nitrogens with one attached hydrogen (secondary N) is 1. The molecule has 4 aromatic carbocycles. The van der Waals surface area contributed by atoms with E-state index in [1.807, 2.05) is 67.8 Å². The van der Waals surface area contributed by atoms with E-state index in [0.29, 0.717) is 37.5 Å². The van der Waals surface area contributed by atoms with Gasteiger partial charge in [0, 0.05) is 49.6 Å². The molecule has 1 aliphatic heterocycles. The fourth-order valence-corrected chi connectivity index (χ4v) is 8.92. The minimum Gasteiger partial charge on any atom is -0.444 e. The van der Waals surface area contributed by atoms with Crippen molar-refractivity contribution in [1.29, 1.82) is 0 Å². The van der Waals surface area contributed by atoms with Crippen LogP contribution >= 0.6 is 11.8 Å². The van der Waals surface area contributed by atoms with Gasteiger partial charge in [0.1, 0.15) is 5.60 Å². The number of fused-ring (bicyclic) bond motifs is 1. The quantitative estimate of drug-likeness (QED) is 0.122. The molecule has 2 heterocycles. The van der Waals surface area contributed by atoms with E-state index in [9.17, 15) is 9.59 Å². The van der Waals surface area contributed by atoms with E-state index in [0.717, 1.165) is 30.2 Å². The third kappa shape index (κ3) is 9.29. The van der Waals surface area contributed by atoms with Gasteiger partial charge in [-0.1, -0.05) is 129 Å². The van der Waals surface area contributed by atoms with Crippen molar-refractivity contribution in [1.82, 2.24) is 20.1 Å². The van der Waals surface area contributed by atoms with E-state index in [-0.39, 0.29) is 18.0 Å². The van der Waals surface area contributed by atoms with Crippen LogP contribution in [0, 0.1) is 0 Å². The second-order valence-electron chi connectivity index (χ2n) is 14.9. The SMILES string of the molecule is CCCCC1CN(C(=O)c2cccc3cccnc23)CCN1CC(CSC(c1ccccc1)(c1ccccc1)c1ccccc1)NC(=O)OC(C)(C)C. The minimum absolute atomic E-state index is 0.0211. The maximum atomic E-state index is 14.0. The van der Waals surface area contributed by atoms with Crippen LogP contribution in [0.15, 0.2) is 128 Å². The van der Waals surface area contributed by atoms with Crippen molar-refractivity contribution < 1.29 is 14.3 Å². The lowest BCUT2D eigenvalue weighted by atomic mass is 9.84. The van der Waals surface area contributed by atoms with Crippen molar-refractivity contribution in [3.05, 3.63) is 150 Å². The minimum atomic E-state index is -0.629. The van der Waals surface area contributed by atoms with Crippen molar-refractivity contribution in [2.75, 3.05) is 31.9 Å². The average molecular weight is 729 g/mol. The molecule has 0 aliphatic carbocycles. The van der Waals surface area contributed by atoms with E-state index < -0.39 is 16.4 Å².